The van der Waals surface area contributed by atoms with Crippen LogP contribution < -0.4 is 5.32 Å². The fourth-order valence-electron chi connectivity index (χ4n) is 1.65. The van der Waals surface area contributed by atoms with E-state index in [0.29, 0.717) is 0 Å². The van der Waals surface area contributed by atoms with E-state index in [-0.39, 0.29) is 11.8 Å². The van der Waals surface area contributed by atoms with Crippen molar-refractivity contribution in [1.82, 2.24) is 5.32 Å². The Morgan fingerprint density at radius 3 is 2.50 bits per heavy atom. The molecular weight excluding hydrogens is 328 g/mol. The molecule has 6 nitrogen and oxygen atoms in total. The number of halogens is 1. The molecular formula is C13H11BrN2O4. The number of benzene rings is 1. The van der Waals surface area contributed by atoms with Gasteiger partial charge in [0.15, 0.2) is 5.76 Å². The first kappa shape index (κ1) is 14.3. The quantitative estimate of drug-likeness (QED) is 0.683. The minimum Gasteiger partial charge on any atom is -0.395 e. The molecule has 0 fully saturated rings. The molecule has 1 heterocycles. The Balaban J connectivity index is 2.06. The topological polar surface area (TPSA) is 85.4 Å². The van der Waals surface area contributed by atoms with Gasteiger partial charge in [0.05, 0.1) is 12.1 Å². The van der Waals surface area contributed by atoms with Gasteiger partial charge in [-0.2, -0.15) is 0 Å². The summed E-state index contributed by atoms with van der Waals surface area (Å²) < 4.78 is 5.79. The third-order valence-corrected chi connectivity index (χ3v) is 3.24. The molecule has 1 amide bonds. The Labute approximate surface area is 123 Å². The van der Waals surface area contributed by atoms with Crippen LogP contribution in [0.5, 0.6) is 0 Å². The molecule has 1 N–H and O–H groups in total. The lowest BCUT2D eigenvalue weighted by molar-refractivity contribution is -0.402. The van der Waals surface area contributed by atoms with E-state index < -0.39 is 16.7 Å². The van der Waals surface area contributed by atoms with Crippen LogP contribution >= 0.6 is 15.9 Å². The largest absolute Gasteiger partial charge is 0.433 e. The summed E-state index contributed by atoms with van der Waals surface area (Å²) >= 11 is 3.33. The molecule has 1 aromatic heterocycles. The first-order valence-electron chi connectivity index (χ1n) is 5.78. The SMILES string of the molecule is CC(NC(=O)c1ccc([N+](=O)[O-])o1)c1ccc(Br)cc1. The van der Waals surface area contributed by atoms with Crippen molar-refractivity contribution in [2.75, 3.05) is 0 Å². The van der Waals surface area contributed by atoms with Gasteiger partial charge in [-0.05, 0) is 30.7 Å². The molecule has 0 saturated heterocycles. The molecule has 2 aromatic rings. The first-order valence-corrected chi connectivity index (χ1v) is 6.57. The Morgan fingerprint density at radius 1 is 1.30 bits per heavy atom. The van der Waals surface area contributed by atoms with E-state index in [1.165, 1.54) is 6.07 Å². The van der Waals surface area contributed by atoms with Crippen LogP contribution in [0, 0.1) is 10.1 Å². The molecule has 0 radical (unpaired) electrons. The number of nitro groups is 1. The minimum absolute atomic E-state index is 0.0827. The molecule has 7 heteroatoms. The molecule has 0 aliphatic carbocycles. The number of nitrogens with zero attached hydrogens (tertiary/aromatic N) is 1. The standard InChI is InChI=1S/C13H11BrN2O4/c1-8(9-2-4-10(14)5-3-9)15-13(17)11-6-7-12(20-11)16(18)19/h2-8H,1H3,(H,15,17). The summed E-state index contributed by atoms with van der Waals surface area (Å²) in [6.07, 6.45) is 0. The van der Waals surface area contributed by atoms with Crippen molar-refractivity contribution in [3.05, 3.63) is 62.3 Å². The zero-order valence-corrected chi connectivity index (χ0v) is 12.1. The van der Waals surface area contributed by atoms with E-state index in [9.17, 15) is 14.9 Å². The summed E-state index contributed by atoms with van der Waals surface area (Å²) in [7, 11) is 0. The van der Waals surface area contributed by atoms with Crippen LogP contribution in [0.3, 0.4) is 0 Å². The van der Waals surface area contributed by atoms with E-state index in [2.05, 4.69) is 21.2 Å². The van der Waals surface area contributed by atoms with Crippen molar-refractivity contribution in [3.63, 3.8) is 0 Å². The molecule has 104 valence electrons. The van der Waals surface area contributed by atoms with Crippen LogP contribution in [0.4, 0.5) is 5.88 Å². The lowest BCUT2D eigenvalue weighted by Crippen LogP contribution is -2.26. The smallest absolute Gasteiger partial charge is 0.395 e. The van der Waals surface area contributed by atoms with Crippen LogP contribution in [0.1, 0.15) is 29.1 Å². The highest BCUT2D eigenvalue weighted by atomic mass is 79.9. The average molecular weight is 339 g/mol. The summed E-state index contributed by atoms with van der Waals surface area (Å²) in [5.74, 6) is -1.03. The lowest BCUT2D eigenvalue weighted by atomic mass is 10.1. The highest BCUT2D eigenvalue weighted by Crippen LogP contribution is 2.19. The molecule has 0 bridgehead atoms. The molecule has 0 spiro atoms. The average Bonchev–Trinajstić information content (AvgIpc) is 2.89. The molecule has 0 saturated carbocycles. The second-order valence-corrected chi connectivity index (χ2v) is 5.06. The summed E-state index contributed by atoms with van der Waals surface area (Å²) in [5, 5.41) is 13.2. The maximum atomic E-state index is 11.9. The van der Waals surface area contributed by atoms with Crippen molar-refractivity contribution in [2.45, 2.75) is 13.0 Å². The van der Waals surface area contributed by atoms with Crippen molar-refractivity contribution in [1.29, 1.82) is 0 Å². The molecule has 1 atom stereocenters. The summed E-state index contributed by atoms with van der Waals surface area (Å²) in [6, 6.07) is 9.69. The fraction of sp³-hybridized carbons (Fsp3) is 0.154. The van der Waals surface area contributed by atoms with Gasteiger partial charge in [-0.25, -0.2) is 0 Å². The Bertz CT molecular complexity index is 636. The Kier molecular flexibility index (Phi) is 4.19. The van der Waals surface area contributed by atoms with E-state index in [4.69, 9.17) is 4.42 Å². The van der Waals surface area contributed by atoms with Gasteiger partial charge in [-0.15, -0.1) is 0 Å². The van der Waals surface area contributed by atoms with Crippen molar-refractivity contribution in [2.24, 2.45) is 0 Å². The van der Waals surface area contributed by atoms with Gasteiger partial charge >= 0.3 is 5.88 Å². The molecule has 2 rings (SSSR count). The number of rotatable bonds is 4. The molecule has 0 aliphatic heterocycles. The number of carbonyl (C=O) groups is 1. The number of amides is 1. The van der Waals surface area contributed by atoms with E-state index >= 15 is 0 Å². The minimum atomic E-state index is -0.686. The highest BCUT2D eigenvalue weighted by molar-refractivity contribution is 9.10. The first-order chi connectivity index (χ1) is 9.47. The zero-order chi connectivity index (χ0) is 14.7. The van der Waals surface area contributed by atoms with E-state index in [1.54, 1.807) is 0 Å². The Morgan fingerprint density at radius 2 is 1.95 bits per heavy atom. The fourth-order valence-corrected chi connectivity index (χ4v) is 1.91. The number of hydrogen-bond acceptors (Lipinski definition) is 4. The number of furan rings is 1. The normalized spacial score (nSPS) is 11.9. The zero-order valence-electron chi connectivity index (χ0n) is 10.5. The summed E-state index contributed by atoms with van der Waals surface area (Å²) in [6.45, 7) is 1.82. The van der Waals surface area contributed by atoms with E-state index in [0.717, 1.165) is 16.1 Å². The third-order valence-electron chi connectivity index (χ3n) is 2.71. The van der Waals surface area contributed by atoms with Gasteiger partial charge in [0, 0.05) is 4.47 Å². The number of carbonyl (C=O) groups excluding carboxylic acids is 1. The third kappa shape index (κ3) is 3.24. The van der Waals surface area contributed by atoms with Crippen LogP contribution in [0.15, 0.2) is 45.3 Å². The summed E-state index contributed by atoms with van der Waals surface area (Å²) in [4.78, 5) is 21.7. The van der Waals surface area contributed by atoms with Crippen LogP contribution in [0.25, 0.3) is 0 Å². The molecule has 0 aliphatic rings. The van der Waals surface area contributed by atoms with Crippen molar-refractivity contribution in [3.8, 4) is 0 Å². The van der Waals surface area contributed by atoms with E-state index in [1.807, 2.05) is 31.2 Å². The molecule has 1 unspecified atom stereocenters. The second-order valence-electron chi connectivity index (χ2n) is 4.14. The maximum absolute atomic E-state index is 11.9. The van der Waals surface area contributed by atoms with Gasteiger partial charge in [0.25, 0.3) is 5.91 Å². The van der Waals surface area contributed by atoms with Gasteiger partial charge in [-0.3, -0.25) is 14.9 Å². The molecule has 1 aromatic carbocycles. The van der Waals surface area contributed by atoms with Gasteiger partial charge in [0.2, 0.25) is 0 Å². The van der Waals surface area contributed by atoms with Crippen molar-refractivity contribution < 1.29 is 14.1 Å². The predicted molar refractivity (Wildman–Crippen MR) is 75.4 cm³/mol. The van der Waals surface area contributed by atoms with Gasteiger partial charge < -0.3 is 9.73 Å². The van der Waals surface area contributed by atoms with Crippen LogP contribution in [0.2, 0.25) is 0 Å². The van der Waals surface area contributed by atoms with Crippen LogP contribution in [-0.2, 0) is 0 Å². The highest BCUT2D eigenvalue weighted by Gasteiger charge is 2.19. The predicted octanol–water partition coefficient (Wildman–Crippen LogP) is 3.44. The van der Waals surface area contributed by atoms with Crippen molar-refractivity contribution >= 4 is 27.7 Å². The number of nitrogens with one attached hydrogen (secondary N) is 1. The summed E-state index contributed by atoms with van der Waals surface area (Å²) in [5.41, 5.74) is 0.919. The van der Waals surface area contributed by atoms with Gasteiger partial charge in [0.1, 0.15) is 4.92 Å². The lowest BCUT2D eigenvalue weighted by Gasteiger charge is -2.13. The second kappa shape index (κ2) is 5.87. The number of hydrogen-bond donors (Lipinski definition) is 1. The molecule has 20 heavy (non-hydrogen) atoms. The Hall–Kier alpha value is -2.15. The van der Waals surface area contributed by atoms with Crippen LogP contribution in [-0.4, -0.2) is 10.8 Å². The van der Waals surface area contributed by atoms with Gasteiger partial charge in [-0.1, -0.05) is 28.1 Å². The maximum Gasteiger partial charge on any atom is 0.433 e. The monoisotopic (exact) mass is 338 g/mol.